The predicted octanol–water partition coefficient (Wildman–Crippen LogP) is 7.36. The summed E-state index contributed by atoms with van der Waals surface area (Å²) in [5.41, 5.74) is 0. The van der Waals surface area contributed by atoms with E-state index in [2.05, 4.69) is 27.7 Å². The van der Waals surface area contributed by atoms with E-state index in [0.717, 1.165) is 76.0 Å². The SMILES string of the molecule is CCP(CC)(CC)(CC)OP(=O)(OC1CCCCC1)OC1CCCCC1. The van der Waals surface area contributed by atoms with Crippen molar-refractivity contribution in [1.29, 1.82) is 0 Å². The molecular weight excluding hydrogens is 366 g/mol. The van der Waals surface area contributed by atoms with Gasteiger partial charge < -0.3 is 0 Å². The van der Waals surface area contributed by atoms with Crippen LogP contribution in [-0.2, 0) is 17.9 Å². The van der Waals surface area contributed by atoms with Crippen LogP contribution in [0.15, 0.2) is 0 Å². The van der Waals surface area contributed by atoms with Gasteiger partial charge in [0.05, 0.1) is 0 Å². The fraction of sp³-hybridized carbons (Fsp3) is 1.00. The molecule has 4 nitrogen and oxygen atoms in total. The van der Waals surface area contributed by atoms with Crippen LogP contribution in [0.25, 0.3) is 0 Å². The van der Waals surface area contributed by atoms with Crippen molar-refractivity contribution in [3.05, 3.63) is 0 Å². The van der Waals surface area contributed by atoms with E-state index in [1.54, 1.807) is 0 Å². The van der Waals surface area contributed by atoms with Crippen LogP contribution in [0.2, 0.25) is 0 Å². The van der Waals surface area contributed by atoms with Crippen LogP contribution in [0.3, 0.4) is 0 Å². The van der Waals surface area contributed by atoms with Crippen molar-refractivity contribution >= 4 is 14.7 Å². The first-order valence-corrected chi connectivity index (χ1v) is 15.5. The Labute approximate surface area is 161 Å². The van der Waals surface area contributed by atoms with Gasteiger partial charge in [-0.2, -0.15) is 0 Å². The van der Waals surface area contributed by atoms with Crippen molar-refractivity contribution in [3.8, 4) is 0 Å². The Morgan fingerprint density at radius 3 is 1.35 bits per heavy atom. The van der Waals surface area contributed by atoms with Crippen LogP contribution in [0.4, 0.5) is 0 Å². The van der Waals surface area contributed by atoms with E-state index in [9.17, 15) is 4.57 Å². The quantitative estimate of drug-likeness (QED) is 0.354. The van der Waals surface area contributed by atoms with Gasteiger partial charge in [0.25, 0.3) is 0 Å². The maximum atomic E-state index is 14.0. The monoisotopic (exact) mass is 408 g/mol. The number of hydrogen-bond donors (Lipinski definition) is 0. The molecule has 0 unspecified atom stereocenters. The molecule has 0 aromatic carbocycles. The van der Waals surface area contributed by atoms with E-state index >= 15 is 0 Å². The summed E-state index contributed by atoms with van der Waals surface area (Å²) in [5.74, 6) is 0. The molecule has 0 N–H and O–H groups in total. The Bertz CT molecular complexity index is 419. The van der Waals surface area contributed by atoms with Crippen molar-refractivity contribution in [2.75, 3.05) is 24.6 Å². The first kappa shape index (κ1) is 22.8. The summed E-state index contributed by atoms with van der Waals surface area (Å²) < 4.78 is 33.1. The zero-order valence-electron chi connectivity index (χ0n) is 17.6. The van der Waals surface area contributed by atoms with Crippen LogP contribution < -0.4 is 0 Å². The Morgan fingerprint density at radius 2 is 1.04 bits per heavy atom. The van der Waals surface area contributed by atoms with Crippen molar-refractivity contribution in [3.63, 3.8) is 0 Å². The Kier molecular flexibility index (Phi) is 8.64. The molecule has 156 valence electrons. The molecular formula is C20H42O4P2. The molecule has 0 bridgehead atoms. The van der Waals surface area contributed by atoms with Gasteiger partial charge in [0.1, 0.15) is 0 Å². The minimum absolute atomic E-state index is 0.0305. The molecule has 2 saturated carbocycles. The number of phosphoric ester groups is 1. The topological polar surface area (TPSA) is 44.8 Å². The Morgan fingerprint density at radius 1 is 0.692 bits per heavy atom. The van der Waals surface area contributed by atoms with Crippen LogP contribution >= 0.6 is 14.7 Å². The predicted molar refractivity (Wildman–Crippen MR) is 114 cm³/mol. The van der Waals surface area contributed by atoms with Gasteiger partial charge in [-0.25, -0.2) is 0 Å². The molecule has 2 fully saturated rings. The fourth-order valence-corrected chi connectivity index (χ4v) is 12.9. The normalized spacial score (nSPS) is 22.8. The van der Waals surface area contributed by atoms with Gasteiger partial charge in [0, 0.05) is 0 Å². The first-order valence-electron chi connectivity index (χ1n) is 11.1. The summed E-state index contributed by atoms with van der Waals surface area (Å²) in [7, 11) is -3.55. The molecule has 0 saturated heterocycles. The van der Waals surface area contributed by atoms with Crippen molar-refractivity contribution in [2.45, 2.75) is 104 Å². The molecule has 0 atom stereocenters. The fourth-order valence-electron chi connectivity index (χ4n) is 4.62. The second-order valence-electron chi connectivity index (χ2n) is 8.38. The third-order valence-electron chi connectivity index (χ3n) is 7.19. The van der Waals surface area contributed by atoms with Gasteiger partial charge in [0.2, 0.25) is 0 Å². The van der Waals surface area contributed by atoms with E-state index in [-0.39, 0.29) is 12.2 Å². The summed E-state index contributed by atoms with van der Waals surface area (Å²) in [5, 5.41) is 0. The molecule has 0 radical (unpaired) electrons. The molecule has 0 heterocycles. The van der Waals surface area contributed by atoms with E-state index in [1.807, 2.05) is 0 Å². The summed E-state index contributed by atoms with van der Waals surface area (Å²) in [4.78, 5) is 0. The summed E-state index contributed by atoms with van der Waals surface area (Å²) in [6.07, 6.45) is 14.9. The van der Waals surface area contributed by atoms with Crippen molar-refractivity contribution in [2.24, 2.45) is 0 Å². The molecule has 26 heavy (non-hydrogen) atoms. The van der Waals surface area contributed by atoms with Gasteiger partial charge >= 0.3 is 161 Å². The number of rotatable bonds is 10. The van der Waals surface area contributed by atoms with Crippen LogP contribution in [-0.4, -0.2) is 36.9 Å². The van der Waals surface area contributed by atoms with Gasteiger partial charge in [-0.15, -0.1) is 0 Å². The third-order valence-corrected chi connectivity index (χ3v) is 17.4. The first-order chi connectivity index (χ1) is 12.4. The van der Waals surface area contributed by atoms with Gasteiger partial charge in [-0.3, -0.25) is 0 Å². The third kappa shape index (κ3) is 5.54. The van der Waals surface area contributed by atoms with Crippen molar-refractivity contribution in [1.82, 2.24) is 0 Å². The van der Waals surface area contributed by atoms with Gasteiger partial charge in [-0.05, 0) is 0 Å². The van der Waals surface area contributed by atoms with Crippen LogP contribution in [0, 0.1) is 0 Å². The van der Waals surface area contributed by atoms with Crippen LogP contribution in [0.5, 0.6) is 0 Å². The van der Waals surface area contributed by atoms with E-state index in [4.69, 9.17) is 13.4 Å². The van der Waals surface area contributed by atoms with Gasteiger partial charge in [0.15, 0.2) is 0 Å². The van der Waals surface area contributed by atoms with Crippen LogP contribution in [0.1, 0.15) is 91.9 Å². The zero-order chi connectivity index (χ0) is 19.1. The maximum absolute atomic E-state index is 14.0. The molecule has 6 heteroatoms. The Balaban J connectivity index is 2.23. The summed E-state index contributed by atoms with van der Waals surface area (Å²) >= 11 is 0. The molecule has 0 aromatic heterocycles. The molecule has 2 aliphatic carbocycles. The average molecular weight is 409 g/mol. The van der Waals surface area contributed by atoms with Gasteiger partial charge in [-0.1, -0.05) is 0 Å². The summed E-state index contributed by atoms with van der Waals surface area (Å²) in [6.45, 7) is 6.23. The second-order valence-corrected chi connectivity index (χ2v) is 16.6. The number of hydrogen-bond acceptors (Lipinski definition) is 4. The molecule has 0 spiro atoms. The molecule has 0 aromatic rings. The van der Waals surface area contributed by atoms with E-state index in [0.29, 0.717) is 0 Å². The number of phosphoric acid groups is 1. The standard InChI is InChI=1S/C20H42O4P2/c1-5-26(6-2,7-3,8-4)24-25(21,22-19-15-11-9-12-16-19)23-20-17-13-10-14-18-20/h19-20H,5-18H2,1-4H3. The minimum atomic E-state index is -3.55. The molecule has 2 rings (SSSR count). The zero-order valence-corrected chi connectivity index (χ0v) is 19.4. The summed E-state index contributed by atoms with van der Waals surface area (Å²) in [6, 6.07) is 0. The van der Waals surface area contributed by atoms with E-state index in [1.165, 1.54) is 12.8 Å². The molecule has 0 amide bonds. The molecule has 0 aliphatic heterocycles. The average Bonchev–Trinajstić information content (AvgIpc) is 2.68. The van der Waals surface area contributed by atoms with E-state index < -0.39 is 14.7 Å². The Hall–Kier alpha value is 0.540. The second kappa shape index (κ2) is 9.84. The van der Waals surface area contributed by atoms with Crippen molar-refractivity contribution < 1.29 is 17.9 Å². The molecule has 2 aliphatic rings.